The zero-order valence-corrected chi connectivity index (χ0v) is 16.1. The van der Waals surface area contributed by atoms with E-state index in [1.54, 1.807) is 36.4 Å². The van der Waals surface area contributed by atoms with E-state index >= 15 is 0 Å². The van der Waals surface area contributed by atoms with E-state index in [1.807, 2.05) is 36.4 Å². The number of hydrogen-bond acceptors (Lipinski definition) is 3. The molecule has 0 aromatic heterocycles. The summed E-state index contributed by atoms with van der Waals surface area (Å²) in [6, 6.07) is 24.2. The Balaban J connectivity index is 1.72. The minimum atomic E-state index is -0.291. The smallest absolute Gasteiger partial charge is 0.259 e. The van der Waals surface area contributed by atoms with Crippen molar-refractivity contribution >= 4 is 27.5 Å². The van der Waals surface area contributed by atoms with Crippen molar-refractivity contribution in [3.05, 3.63) is 94.0 Å². The molecule has 4 nitrogen and oxygen atoms in total. The summed E-state index contributed by atoms with van der Waals surface area (Å²) in [6.45, 7) is 0.468. The molecule has 27 heavy (non-hydrogen) atoms. The summed E-state index contributed by atoms with van der Waals surface area (Å²) in [5.74, 6) is 0.226. The molecule has 0 unspecified atom stereocenters. The monoisotopic (exact) mass is 420 g/mol. The summed E-state index contributed by atoms with van der Waals surface area (Å²) in [5, 5.41) is 11.8. The van der Waals surface area contributed by atoms with Crippen LogP contribution in [0.5, 0.6) is 5.75 Å². The number of halogens is 1. The van der Waals surface area contributed by atoms with E-state index < -0.39 is 0 Å². The Kier molecular flexibility index (Phi) is 6.24. The summed E-state index contributed by atoms with van der Waals surface area (Å²) in [4.78, 5) is 12.7. The van der Waals surface area contributed by atoms with E-state index in [2.05, 4.69) is 27.3 Å². The van der Waals surface area contributed by atoms with E-state index in [4.69, 9.17) is 10.00 Å². The Labute approximate surface area is 166 Å². The van der Waals surface area contributed by atoms with Crippen LogP contribution >= 0.6 is 15.9 Å². The van der Waals surface area contributed by atoms with Gasteiger partial charge in [0, 0.05) is 16.6 Å². The molecule has 5 heteroatoms. The van der Waals surface area contributed by atoms with Crippen molar-refractivity contribution in [3.8, 4) is 11.8 Å². The highest BCUT2D eigenvalue weighted by Crippen LogP contribution is 2.25. The average molecular weight is 421 g/mol. The van der Waals surface area contributed by atoms with Gasteiger partial charge in [-0.2, -0.15) is 5.26 Å². The van der Waals surface area contributed by atoms with E-state index in [0.717, 1.165) is 10.9 Å². The van der Waals surface area contributed by atoms with Crippen LogP contribution in [-0.4, -0.2) is 12.5 Å². The summed E-state index contributed by atoms with van der Waals surface area (Å²) in [5.41, 5.74) is 2.66. The van der Waals surface area contributed by atoms with E-state index in [1.165, 1.54) is 5.56 Å². The number of rotatable bonds is 6. The Morgan fingerprint density at radius 1 is 1.04 bits per heavy atom. The van der Waals surface area contributed by atoms with Gasteiger partial charge in [-0.15, -0.1) is 0 Å². The predicted octanol–water partition coefficient (Wildman–Crippen LogP) is 5.19. The van der Waals surface area contributed by atoms with Crippen LogP contribution in [0.25, 0.3) is 0 Å². The molecule has 0 atom stereocenters. The van der Waals surface area contributed by atoms with E-state index in [9.17, 15) is 4.79 Å². The molecule has 0 aliphatic rings. The van der Waals surface area contributed by atoms with Crippen molar-refractivity contribution in [1.29, 1.82) is 5.26 Å². The molecule has 0 heterocycles. The van der Waals surface area contributed by atoms with Gasteiger partial charge < -0.3 is 10.1 Å². The topological polar surface area (TPSA) is 62.1 Å². The van der Waals surface area contributed by atoms with Gasteiger partial charge in [0.15, 0.2) is 0 Å². The lowest BCUT2D eigenvalue weighted by molar-refractivity contribution is 0.102. The molecule has 0 aliphatic heterocycles. The Morgan fingerprint density at radius 3 is 2.63 bits per heavy atom. The number of nitriles is 1. The third kappa shape index (κ3) is 5.19. The molecule has 1 N–H and O–H groups in total. The largest absolute Gasteiger partial charge is 0.492 e. The first-order chi connectivity index (χ1) is 13.2. The first-order valence-electron chi connectivity index (χ1n) is 8.43. The number of ether oxygens (including phenoxy) is 1. The van der Waals surface area contributed by atoms with Crippen LogP contribution < -0.4 is 10.1 Å². The van der Waals surface area contributed by atoms with Gasteiger partial charge in [0.2, 0.25) is 0 Å². The highest BCUT2D eigenvalue weighted by Gasteiger charge is 2.14. The maximum atomic E-state index is 12.7. The van der Waals surface area contributed by atoms with Gasteiger partial charge in [-0.3, -0.25) is 4.79 Å². The van der Waals surface area contributed by atoms with Crippen LogP contribution in [0.2, 0.25) is 0 Å². The fourth-order valence-corrected chi connectivity index (χ4v) is 2.96. The second-order valence-electron chi connectivity index (χ2n) is 5.87. The summed E-state index contributed by atoms with van der Waals surface area (Å²) >= 11 is 3.40. The second-order valence-corrected chi connectivity index (χ2v) is 6.79. The predicted molar refractivity (Wildman–Crippen MR) is 109 cm³/mol. The fourth-order valence-electron chi connectivity index (χ4n) is 2.59. The molecule has 0 spiro atoms. The standard InChI is InChI=1S/C22H17BrN2O2/c23-18-9-10-21(27-12-11-16-5-2-1-3-6-16)20(14-18)22(26)25-19-8-4-7-17(13-19)15-24/h1-10,13-14H,11-12H2,(H,25,26). The number of amides is 1. The average Bonchev–Trinajstić information content (AvgIpc) is 2.70. The first kappa shape index (κ1) is 18.7. The summed E-state index contributed by atoms with van der Waals surface area (Å²) < 4.78 is 6.65. The van der Waals surface area contributed by atoms with Crippen molar-refractivity contribution < 1.29 is 9.53 Å². The van der Waals surface area contributed by atoms with Gasteiger partial charge in [-0.25, -0.2) is 0 Å². The van der Waals surface area contributed by atoms with Gasteiger partial charge in [0.05, 0.1) is 23.8 Å². The first-order valence-corrected chi connectivity index (χ1v) is 9.23. The minimum absolute atomic E-state index is 0.291. The highest BCUT2D eigenvalue weighted by molar-refractivity contribution is 9.10. The molecule has 0 bridgehead atoms. The summed E-state index contributed by atoms with van der Waals surface area (Å²) in [6.07, 6.45) is 0.752. The van der Waals surface area contributed by atoms with Crippen LogP contribution in [0.15, 0.2) is 77.3 Å². The lowest BCUT2D eigenvalue weighted by atomic mass is 10.1. The van der Waals surface area contributed by atoms with Gasteiger partial charge in [-0.1, -0.05) is 52.3 Å². The summed E-state index contributed by atoms with van der Waals surface area (Å²) in [7, 11) is 0. The number of hydrogen-bond donors (Lipinski definition) is 1. The molecule has 0 saturated heterocycles. The molecular weight excluding hydrogens is 404 g/mol. The van der Waals surface area contributed by atoms with Gasteiger partial charge in [0.1, 0.15) is 5.75 Å². The molecule has 134 valence electrons. The number of anilines is 1. The molecule has 1 amide bonds. The molecule has 3 rings (SSSR count). The van der Waals surface area contributed by atoms with Crippen LogP contribution in [-0.2, 0) is 6.42 Å². The number of nitrogens with one attached hydrogen (secondary N) is 1. The van der Waals surface area contributed by atoms with Crippen LogP contribution in [0.4, 0.5) is 5.69 Å². The zero-order valence-electron chi connectivity index (χ0n) is 14.5. The van der Waals surface area contributed by atoms with Crippen molar-refractivity contribution in [1.82, 2.24) is 0 Å². The van der Waals surface area contributed by atoms with Crippen LogP contribution in [0.3, 0.4) is 0 Å². The van der Waals surface area contributed by atoms with E-state index in [0.29, 0.717) is 29.2 Å². The van der Waals surface area contributed by atoms with Gasteiger partial charge in [0.25, 0.3) is 5.91 Å². The third-order valence-corrected chi connectivity index (χ3v) is 4.42. The lowest BCUT2D eigenvalue weighted by Crippen LogP contribution is -2.14. The normalized spacial score (nSPS) is 10.1. The number of nitrogens with zero attached hydrogens (tertiary/aromatic N) is 1. The molecule has 3 aromatic rings. The van der Waals surface area contributed by atoms with Gasteiger partial charge >= 0.3 is 0 Å². The molecule has 0 radical (unpaired) electrons. The van der Waals surface area contributed by atoms with Crippen molar-refractivity contribution in [2.24, 2.45) is 0 Å². The maximum Gasteiger partial charge on any atom is 0.259 e. The van der Waals surface area contributed by atoms with Gasteiger partial charge in [-0.05, 0) is 42.0 Å². The second kappa shape index (κ2) is 9.02. The Bertz CT molecular complexity index is 981. The van der Waals surface area contributed by atoms with Crippen LogP contribution in [0.1, 0.15) is 21.5 Å². The zero-order chi connectivity index (χ0) is 19.1. The molecule has 3 aromatic carbocycles. The lowest BCUT2D eigenvalue weighted by Gasteiger charge is -2.12. The third-order valence-electron chi connectivity index (χ3n) is 3.93. The van der Waals surface area contributed by atoms with Crippen LogP contribution in [0, 0.1) is 11.3 Å². The quantitative estimate of drug-likeness (QED) is 0.596. The molecule has 0 fully saturated rings. The number of benzene rings is 3. The minimum Gasteiger partial charge on any atom is -0.492 e. The fraction of sp³-hybridized carbons (Fsp3) is 0.0909. The Hall–Kier alpha value is -3.10. The molecule has 0 saturated carbocycles. The number of carbonyl (C=O) groups excluding carboxylic acids is 1. The highest BCUT2D eigenvalue weighted by atomic mass is 79.9. The number of carbonyl (C=O) groups is 1. The Morgan fingerprint density at radius 2 is 1.85 bits per heavy atom. The molecular formula is C22H17BrN2O2. The SMILES string of the molecule is N#Cc1cccc(NC(=O)c2cc(Br)ccc2OCCc2ccccc2)c1. The van der Waals surface area contributed by atoms with Crippen molar-refractivity contribution in [3.63, 3.8) is 0 Å². The molecule has 0 aliphatic carbocycles. The van der Waals surface area contributed by atoms with Crippen molar-refractivity contribution in [2.45, 2.75) is 6.42 Å². The van der Waals surface area contributed by atoms with Crippen molar-refractivity contribution in [2.75, 3.05) is 11.9 Å². The van der Waals surface area contributed by atoms with E-state index in [-0.39, 0.29) is 5.91 Å². The maximum absolute atomic E-state index is 12.7.